The number of hydrogen-bond donors (Lipinski definition) is 1. The van der Waals surface area contributed by atoms with Crippen LogP contribution in [0.1, 0.15) is 22.4 Å². The summed E-state index contributed by atoms with van der Waals surface area (Å²) in [6, 6.07) is 9.78. The lowest BCUT2D eigenvalue weighted by molar-refractivity contribution is 0.178. The van der Waals surface area contributed by atoms with Gasteiger partial charge in [-0.3, -0.25) is 4.98 Å². The van der Waals surface area contributed by atoms with Crippen LogP contribution in [-0.4, -0.2) is 15.1 Å². The number of aryl methyl sites for hydroxylation is 1. The molecule has 0 aliphatic carbocycles. The molecule has 96 valence electrons. The number of hydrogen-bond acceptors (Lipinski definition) is 4. The minimum Gasteiger partial charge on any atom is -0.388 e. The Hall–Kier alpha value is -1.78. The van der Waals surface area contributed by atoms with E-state index in [0.29, 0.717) is 6.42 Å². The Morgan fingerprint density at radius 2 is 2.21 bits per heavy atom. The van der Waals surface area contributed by atoms with Crippen molar-refractivity contribution in [3.8, 4) is 0 Å². The van der Waals surface area contributed by atoms with Gasteiger partial charge in [0, 0.05) is 29.1 Å². The van der Waals surface area contributed by atoms with E-state index in [1.165, 1.54) is 0 Å². The Balaban J connectivity index is 1.86. The van der Waals surface area contributed by atoms with E-state index in [9.17, 15) is 5.11 Å². The van der Waals surface area contributed by atoms with Crippen LogP contribution >= 0.6 is 11.3 Å². The van der Waals surface area contributed by atoms with Crippen molar-refractivity contribution in [2.75, 3.05) is 0 Å². The zero-order valence-corrected chi connectivity index (χ0v) is 11.4. The summed E-state index contributed by atoms with van der Waals surface area (Å²) in [6.07, 6.45) is 1.82. The van der Waals surface area contributed by atoms with Gasteiger partial charge in [0.1, 0.15) is 0 Å². The van der Waals surface area contributed by atoms with Gasteiger partial charge in [-0.15, -0.1) is 11.3 Å². The van der Waals surface area contributed by atoms with Gasteiger partial charge in [-0.2, -0.15) is 0 Å². The summed E-state index contributed by atoms with van der Waals surface area (Å²) in [7, 11) is 0. The molecule has 19 heavy (non-hydrogen) atoms. The predicted octanol–water partition coefficient (Wildman–Crippen LogP) is 3.28. The second-order valence-electron chi connectivity index (χ2n) is 4.56. The highest BCUT2D eigenvalue weighted by atomic mass is 32.1. The molecule has 1 atom stereocenters. The molecule has 2 heterocycles. The van der Waals surface area contributed by atoms with Crippen LogP contribution in [0.25, 0.3) is 10.9 Å². The molecule has 0 spiro atoms. The molecule has 3 aromatic rings. The Bertz CT molecular complexity index is 708. The van der Waals surface area contributed by atoms with Crippen molar-refractivity contribution in [3.63, 3.8) is 0 Å². The van der Waals surface area contributed by atoms with Crippen molar-refractivity contribution in [3.05, 3.63) is 58.2 Å². The zero-order valence-electron chi connectivity index (χ0n) is 10.6. The molecule has 1 unspecified atom stereocenters. The first-order valence-corrected chi connectivity index (χ1v) is 7.04. The van der Waals surface area contributed by atoms with Crippen LogP contribution in [0.15, 0.2) is 41.9 Å². The molecule has 0 saturated carbocycles. The van der Waals surface area contributed by atoms with Gasteiger partial charge in [0.05, 0.1) is 16.6 Å². The SMILES string of the molecule is Cc1csc(CC(O)c2ccc3ncccc3c2)n1. The molecule has 2 aromatic heterocycles. The minimum absolute atomic E-state index is 0.518. The van der Waals surface area contributed by atoms with Crippen molar-refractivity contribution in [2.45, 2.75) is 19.4 Å². The lowest BCUT2D eigenvalue weighted by atomic mass is 10.0. The predicted molar refractivity (Wildman–Crippen MR) is 77.3 cm³/mol. The van der Waals surface area contributed by atoms with Crippen LogP contribution < -0.4 is 0 Å². The standard InChI is InChI=1S/C15H14N2OS/c1-10-9-19-15(17-10)8-14(18)12-4-5-13-11(7-12)3-2-6-16-13/h2-7,9,14,18H,8H2,1H3. The lowest BCUT2D eigenvalue weighted by Crippen LogP contribution is -2.01. The minimum atomic E-state index is -0.518. The van der Waals surface area contributed by atoms with Crippen molar-refractivity contribution in [2.24, 2.45) is 0 Å². The van der Waals surface area contributed by atoms with Crippen LogP contribution in [0.3, 0.4) is 0 Å². The molecule has 0 fully saturated rings. The summed E-state index contributed by atoms with van der Waals surface area (Å²) in [4.78, 5) is 8.66. The van der Waals surface area contributed by atoms with E-state index in [2.05, 4.69) is 9.97 Å². The average Bonchev–Trinajstić information content (AvgIpc) is 2.83. The van der Waals surface area contributed by atoms with Crippen molar-refractivity contribution in [1.29, 1.82) is 0 Å². The topological polar surface area (TPSA) is 46.0 Å². The summed E-state index contributed by atoms with van der Waals surface area (Å²) in [5.41, 5.74) is 2.87. The molecule has 1 aromatic carbocycles. The van der Waals surface area contributed by atoms with Gasteiger partial charge in [0.25, 0.3) is 0 Å². The third-order valence-corrected chi connectivity index (χ3v) is 4.04. The van der Waals surface area contributed by atoms with Crippen LogP contribution in [0.5, 0.6) is 0 Å². The van der Waals surface area contributed by atoms with Gasteiger partial charge >= 0.3 is 0 Å². The Labute approximate surface area is 115 Å². The summed E-state index contributed by atoms with van der Waals surface area (Å²) in [6.45, 7) is 1.97. The molecule has 3 nitrogen and oxygen atoms in total. The molecule has 0 radical (unpaired) electrons. The summed E-state index contributed by atoms with van der Waals surface area (Å²) in [5, 5.41) is 14.3. The normalized spacial score (nSPS) is 12.7. The zero-order chi connectivity index (χ0) is 13.2. The van der Waals surface area contributed by atoms with Gasteiger partial charge < -0.3 is 5.11 Å². The number of nitrogens with zero attached hydrogens (tertiary/aromatic N) is 2. The van der Waals surface area contributed by atoms with E-state index in [-0.39, 0.29) is 0 Å². The van der Waals surface area contributed by atoms with E-state index in [0.717, 1.165) is 27.2 Å². The van der Waals surface area contributed by atoms with Crippen molar-refractivity contribution >= 4 is 22.2 Å². The van der Waals surface area contributed by atoms with Crippen molar-refractivity contribution < 1.29 is 5.11 Å². The Morgan fingerprint density at radius 3 is 3.00 bits per heavy atom. The maximum absolute atomic E-state index is 10.3. The third-order valence-electron chi connectivity index (χ3n) is 3.05. The molecular formula is C15H14N2OS. The number of aliphatic hydroxyl groups is 1. The number of fused-ring (bicyclic) bond motifs is 1. The molecule has 0 aliphatic rings. The van der Waals surface area contributed by atoms with Crippen LogP contribution in [0.4, 0.5) is 0 Å². The number of pyridine rings is 1. The van der Waals surface area contributed by atoms with E-state index in [1.54, 1.807) is 17.5 Å². The van der Waals surface area contributed by atoms with Gasteiger partial charge in [0.15, 0.2) is 0 Å². The number of aromatic nitrogens is 2. The summed E-state index contributed by atoms with van der Waals surface area (Å²) < 4.78 is 0. The number of aliphatic hydroxyl groups excluding tert-OH is 1. The van der Waals surface area contributed by atoms with Gasteiger partial charge in [0.2, 0.25) is 0 Å². The van der Waals surface area contributed by atoms with E-state index >= 15 is 0 Å². The highest BCUT2D eigenvalue weighted by Gasteiger charge is 2.11. The monoisotopic (exact) mass is 270 g/mol. The van der Waals surface area contributed by atoms with Gasteiger partial charge in [-0.1, -0.05) is 12.1 Å². The fraction of sp³-hybridized carbons (Fsp3) is 0.200. The fourth-order valence-electron chi connectivity index (χ4n) is 2.08. The number of benzene rings is 1. The largest absolute Gasteiger partial charge is 0.388 e. The second kappa shape index (κ2) is 5.07. The molecule has 0 amide bonds. The first-order chi connectivity index (χ1) is 9.22. The van der Waals surface area contributed by atoms with E-state index in [1.807, 2.05) is 42.6 Å². The van der Waals surface area contributed by atoms with Crippen LogP contribution in [-0.2, 0) is 6.42 Å². The quantitative estimate of drug-likeness (QED) is 0.794. The number of rotatable bonds is 3. The molecule has 0 saturated heterocycles. The van der Waals surface area contributed by atoms with E-state index in [4.69, 9.17) is 0 Å². The molecule has 3 rings (SSSR count). The molecule has 1 N–H and O–H groups in total. The Kier molecular flexibility index (Phi) is 3.27. The van der Waals surface area contributed by atoms with Crippen LogP contribution in [0, 0.1) is 6.92 Å². The van der Waals surface area contributed by atoms with Gasteiger partial charge in [-0.05, 0) is 30.7 Å². The van der Waals surface area contributed by atoms with Crippen molar-refractivity contribution in [1.82, 2.24) is 9.97 Å². The van der Waals surface area contributed by atoms with Crippen LogP contribution in [0.2, 0.25) is 0 Å². The lowest BCUT2D eigenvalue weighted by Gasteiger charge is -2.10. The maximum atomic E-state index is 10.3. The molecule has 0 bridgehead atoms. The summed E-state index contributed by atoms with van der Waals surface area (Å²) >= 11 is 1.59. The first-order valence-electron chi connectivity index (χ1n) is 6.16. The molecule has 4 heteroatoms. The fourth-order valence-corrected chi connectivity index (χ4v) is 2.89. The third kappa shape index (κ3) is 2.64. The average molecular weight is 270 g/mol. The smallest absolute Gasteiger partial charge is 0.0957 e. The number of thiazole rings is 1. The van der Waals surface area contributed by atoms with Gasteiger partial charge in [-0.25, -0.2) is 4.98 Å². The van der Waals surface area contributed by atoms with E-state index < -0.39 is 6.10 Å². The molecular weight excluding hydrogens is 256 g/mol. The highest BCUT2D eigenvalue weighted by Crippen LogP contribution is 2.23. The summed E-state index contributed by atoms with van der Waals surface area (Å²) in [5.74, 6) is 0. The first kappa shape index (κ1) is 12.3. The second-order valence-corrected chi connectivity index (χ2v) is 5.50. The highest BCUT2D eigenvalue weighted by molar-refractivity contribution is 7.09. The maximum Gasteiger partial charge on any atom is 0.0957 e. The Morgan fingerprint density at radius 1 is 1.32 bits per heavy atom. The molecule has 0 aliphatic heterocycles.